The maximum atomic E-state index is 16.9. The first kappa shape index (κ1) is 30.4. The predicted molar refractivity (Wildman–Crippen MR) is 175 cm³/mol. The van der Waals surface area contributed by atoms with E-state index in [-0.39, 0.29) is 62.1 Å². The van der Waals surface area contributed by atoms with Crippen molar-refractivity contribution in [2.24, 2.45) is 0 Å². The smallest absolute Gasteiger partial charge is 0.319 e. The molecule has 12 heteroatoms. The van der Waals surface area contributed by atoms with Crippen molar-refractivity contribution in [3.8, 4) is 41.2 Å². The number of benzene rings is 2. The van der Waals surface area contributed by atoms with Crippen LogP contribution in [0.5, 0.6) is 17.6 Å². The highest BCUT2D eigenvalue weighted by Crippen LogP contribution is 2.43. The molecule has 47 heavy (non-hydrogen) atoms. The molecule has 0 radical (unpaired) electrons. The van der Waals surface area contributed by atoms with Crippen molar-refractivity contribution in [3.05, 3.63) is 65.4 Å². The maximum absolute atomic E-state index is 16.9. The first-order valence-corrected chi connectivity index (χ1v) is 15.4. The van der Waals surface area contributed by atoms with Crippen molar-refractivity contribution in [2.45, 2.75) is 44.2 Å². The van der Waals surface area contributed by atoms with Crippen molar-refractivity contribution < 1.29 is 23.4 Å². The molecule has 240 valence electrons. The van der Waals surface area contributed by atoms with Crippen LogP contribution in [0.25, 0.3) is 32.9 Å². The van der Waals surface area contributed by atoms with Crippen LogP contribution in [0, 0.1) is 24.0 Å². The van der Waals surface area contributed by atoms with Gasteiger partial charge in [-0.25, -0.2) is 18.7 Å². The number of hydrogen-bond donors (Lipinski definition) is 3. The second-order valence-corrected chi connectivity index (χ2v) is 12.1. The van der Waals surface area contributed by atoms with E-state index in [9.17, 15) is 9.50 Å². The second kappa shape index (κ2) is 11.8. The molecule has 2 aliphatic heterocycles. The summed E-state index contributed by atoms with van der Waals surface area (Å²) < 4.78 is 43.8. The normalized spacial score (nSPS) is 16.2. The average molecular weight is 638 g/mol. The Kier molecular flexibility index (Phi) is 7.64. The van der Waals surface area contributed by atoms with Gasteiger partial charge in [0.2, 0.25) is 5.88 Å². The Balaban J connectivity index is 1.43. The zero-order valence-corrected chi connectivity index (χ0v) is 26.0. The van der Waals surface area contributed by atoms with Gasteiger partial charge in [0, 0.05) is 22.7 Å². The molecule has 2 aromatic carbocycles. The Bertz CT molecular complexity index is 2070. The second-order valence-electron chi connectivity index (χ2n) is 12.1. The minimum absolute atomic E-state index is 0.0108. The molecule has 0 spiro atoms. The maximum Gasteiger partial charge on any atom is 0.319 e. The van der Waals surface area contributed by atoms with Crippen molar-refractivity contribution in [3.63, 3.8) is 0 Å². The van der Waals surface area contributed by atoms with Crippen LogP contribution in [0.4, 0.5) is 20.4 Å². The van der Waals surface area contributed by atoms with Gasteiger partial charge in [-0.15, -0.1) is 6.42 Å². The lowest BCUT2D eigenvalue weighted by molar-refractivity contribution is 0.108. The van der Waals surface area contributed by atoms with Crippen molar-refractivity contribution in [1.29, 1.82) is 0 Å². The number of terminal acetylenes is 1. The molecule has 0 amide bonds. The molecule has 7 rings (SSSR count). The number of pyridine rings is 2. The summed E-state index contributed by atoms with van der Waals surface area (Å²) in [5, 5.41) is 14.7. The van der Waals surface area contributed by atoms with Gasteiger partial charge in [-0.2, -0.15) is 9.97 Å². The fourth-order valence-corrected chi connectivity index (χ4v) is 7.11. The number of anilines is 2. The molecule has 0 saturated carbocycles. The summed E-state index contributed by atoms with van der Waals surface area (Å²) in [5.41, 5.74) is 6.35. The van der Waals surface area contributed by atoms with E-state index in [4.69, 9.17) is 26.6 Å². The summed E-state index contributed by atoms with van der Waals surface area (Å²) in [5.74, 6) is 1.18. The van der Waals surface area contributed by atoms with E-state index < -0.39 is 17.7 Å². The van der Waals surface area contributed by atoms with Gasteiger partial charge in [0.05, 0.1) is 24.3 Å². The van der Waals surface area contributed by atoms with Crippen LogP contribution in [0.15, 0.2) is 42.6 Å². The van der Waals surface area contributed by atoms with Crippen LogP contribution in [0.2, 0.25) is 0 Å². The molecule has 0 aliphatic carbocycles. The zero-order chi connectivity index (χ0) is 32.9. The molecule has 5 heterocycles. The quantitative estimate of drug-likeness (QED) is 0.175. The topological polar surface area (TPSA) is 132 Å². The molecule has 2 fully saturated rings. The van der Waals surface area contributed by atoms with Crippen molar-refractivity contribution in [1.82, 2.24) is 24.8 Å². The molecule has 1 unspecified atom stereocenters. The number of phenolic OH excluding ortho intramolecular Hbond substituents is 1. The largest absolute Gasteiger partial charge is 0.508 e. The summed E-state index contributed by atoms with van der Waals surface area (Å²) in [6.45, 7) is 4.24. The molecule has 1 atom stereocenters. The van der Waals surface area contributed by atoms with Crippen molar-refractivity contribution in [2.75, 3.05) is 37.9 Å². The van der Waals surface area contributed by atoms with Gasteiger partial charge in [0.1, 0.15) is 46.4 Å². The van der Waals surface area contributed by atoms with Gasteiger partial charge in [-0.1, -0.05) is 18.1 Å². The fraction of sp³-hybridized carbons (Fsp3) is 0.314. The number of nitrogen functional groups attached to an aromatic ring is 1. The third-order valence-corrected chi connectivity index (χ3v) is 9.35. The summed E-state index contributed by atoms with van der Waals surface area (Å²) >= 11 is 0. The highest BCUT2D eigenvalue weighted by molar-refractivity contribution is 6.04. The summed E-state index contributed by atoms with van der Waals surface area (Å²) in [6.07, 6.45) is 11.5. The number of rotatable bonds is 8. The molecule has 2 saturated heterocycles. The van der Waals surface area contributed by atoms with Gasteiger partial charge >= 0.3 is 6.01 Å². The molecule has 2 aliphatic rings. The highest BCUT2D eigenvalue weighted by Gasteiger charge is 2.45. The van der Waals surface area contributed by atoms with Gasteiger partial charge in [0.25, 0.3) is 0 Å². The Morgan fingerprint density at radius 1 is 1.13 bits per heavy atom. The first-order chi connectivity index (χ1) is 22.7. The monoisotopic (exact) mass is 637 g/mol. The van der Waals surface area contributed by atoms with Crippen LogP contribution in [0.3, 0.4) is 0 Å². The highest BCUT2D eigenvalue weighted by atomic mass is 19.1. The Labute approximate surface area is 270 Å². The van der Waals surface area contributed by atoms with Gasteiger partial charge < -0.3 is 25.6 Å². The number of nitrogens with one attached hydrogen (secondary N) is 1. The van der Waals surface area contributed by atoms with E-state index in [0.717, 1.165) is 38.8 Å². The lowest BCUT2D eigenvalue weighted by Crippen LogP contribution is -2.43. The fourth-order valence-electron chi connectivity index (χ4n) is 7.11. The van der Waals surface area contributed by atoms with Crippen LogP contribution < -0.4 is 20.5 Å². The van der Waals surface area contributed by atoms with Crippen LogP contribution in [0.1, 0.15) is 49.8 Å². The van der Waals surface area contributed by atoms with Crippen LogP contribution in [-0.4, -0.2) is 62.3 Å². The van der Waals surface area contributed by atoms with Crippen LogP contribution >= 0.6 is 0 Å². The zero-order valence-electron chi connectivity index (χ0n) is 26.0. The summed E-state index contributed by atoms with van der Waals surface area (Å²) in [7, 11) is 1.39. The predicted octanol–water partition coefficient (Wildman–Crippen LogP) is 5.98. The SMILES string of the molecule is C#Cc1c(F)ccc2cc(O)cc(-c3nc(OC)c4c(NC(C)c5cccnc5N)nc(OCC56CCCN5CCC6)nc4c3F)c12. The Morgan fingerprint density at radius 2 is 1.91 bits per heavy atom. The van der Waals surface area contributed by atoms with E-state index in [1.807, 2.05) is 13.0 Å². The molecule has 10 nitrogen and oxygen atoms in total. The average Bonchev–Trinajstić information content (AvgIpc) is 3.65. The number of nitrogens with two attached hydrogens (primary N) is 1. The number of nitrogens with zero attached hydrogens (tertiary/aromatic N) is 5. The van der Waals surface area contributed by atoms with E-state index in [1.54, 1.807) is 12.3 Å². The number of aromatic nitrogens is 4. The molecular weight excluding hydrogens is 604 g/mol. The number of methoxy groups -OCH3 is 1. The standard InChI is InChI=1S/C35H33F2N7O3/c1-4-22-25(36)10-9-20-16-21(45)17-24(26(20)22)29-28(37)30-27(33(41-29)46-3)32(40-19(2)23-8-5-13-39-31(23)38)43-34(42-30)47-18-35-11-6-14-44(35)15-7-12-35/h1,5,8-10,13,16-17,19,45H,6-7,11-12,14-15,18H2,2-3H3,(H2,38,39)(H,40,42,43). The molecule has 5 aromatic rings. The number of fused-ring (bicyclic) bond motifs is 3. The molecule has 0 bridgehead atoms. The lowest BCUT2D eigenvalue weighted by atomic mass is 9.95. The van der Waals surface area contributed by atoms with Gasteiger partial charge in [-0.3, -0.25) is 4.90 Å². The van der Waals surface area contributed by atoms with Crippen molar-refractivity contribution >= 4 is 33.3 Å². The van der Waals surface area contributed by atoms with Gasteiger partial charge in [0.15, 0.2) is 5.82 Å². The van der Waals surface area contributed by atoms with Gasteiger partial charge in [-0.05, 0) is 75.3 Å². The molecule has 4 N–H and O–H groups in total. The van der Waals surface area contributed by atoms with E-state index in [0.29, 0.717) is 23.4 Å². The summed E-state index contributed by atoms with van der Waals surface area (Å²) in [4.78, 5) is 20.4. The number of aromatic hydroxyl groups is 1. The van der Waals surface area contributed by atoms with E-state index in [2.05, 4.69) is 31.1 Å². The number of ether oxygens (including phenoxy) is 2. The Hall–Kier alpha value is -5.28. The number of halogens is 2. The van der Waals surface area contributed by atoms with Crippen LogP contribution in [-0.2, 0) is 0 Å². The van der Waals surface area contributed by atoms with E-state index >= 15 is 4.39 Å². The minimum Gasteiger partial charge on any atom is -0.508 e. The molecule has 3 aromatic heterocycles. The number of hydrogen-bond acceptors (Lipinski definition) is 10. The molecular formula is C35H33F2N7O3. The first-order valence-electron chi connectivity index (χ1n) is 15.4. The number of phenols is 1. The Morgan fingerprint density at radius 3 is 2.64 bits per heavy atom. The van der Waals surface area contributed by atoms with E-state index in [1.165, 1.54) is 31.4 Å². The third kappa shape index (κ3) is 5.16. The minimum atomic E-state index is -0.856. The third-order valence-electron chi connectivity index (χ3n) is 9.35. The lowest BCUT2D eigenvalue weighted by Gasteiger charge is -2.31. The summed E-state index contributed by atoms with van der Waals surface area (Å²) in [6, 6.07) is 8.52.